The molecule has 3 rings (SSSR count). The second kappa shape index (κ2) is 5.22. The number of para-hydroxylation sites is 1. The molecule has 1 aromatic heterocycles. The van der Waals surface area contributed by atoms with E-state index in [2.05, 4.69) is 11.1 Å². The number of nitrogens with zero attached hydrogens (tertiary/aromatic N) is 3. The summed E-state index contributed by atoms with van der Waals surface area (Å²) < 4.78 is 1.57. The van der Waals surface area contributed by atoms with Gasteiger partial charge in [-0.15, -0.1) is 0 Å². The Bertz CT molecular complexity index is 919. The summed E-state index contributed by atoms with van der Waals surface area (Å²) in [7, 11) is 0. The van der Waals surface area contributed by atoms with Crippen molar-refractivity contribution in [1.82, 2.24) is 9.55 Å². The Morgan fingerprint density at radius 1 is 1.24 bits per heavy atom. The molecule has 4 heteroatoms. The third kappa shape index (κ3) is 2.41. The van der Waals surface area contributed by atoms with Gasteiger partial charge in [-0.05, 0) is 36.2 Å². The van der Waals surface area contributed by atoms with E-state index in [1.807, 2.05) is 31.2 Å². The molecule has 0 atom stereocenters. The van der Waals surface area contributed by atoms with Gasteiger partial charge in [0.15, 0.2) is 0 Å². The van der Waals surface area contributed by atoms with E-state index < -0.39 is 0 Å². The van der Waals surface area contributed by atoms with Crippen LogP contribution >= 0.6 is 0 Å². The van der Waals surface area contributed by atoms with Gasteiger partial charge in [0.2, 0.25) is 0 Å². The predicted molar refractivity (Wildman–Crippen MR) is 81.0 cm³/mol. The number of hydrogen-bond donors (Lipinski definition) is 0. The van der Waals surface area contributed by atoms with Crippen LogP contribution in [-0.2, 0) is 6.54 Å². The standard InChI is InChI=1S/C17H13N3O/c1-12-4-2-7-15-16(12)19-11-20(17(15)21)10-14-6-3-5-13(8-14)9-18/h2-8,11H,10H2,1H3. The molecule has 0 unspecified atom stereocenters. The molecule has 0 radical (unpaired) electrons. The maximum Gasteiger partial charge on any atom is 0.261 e. The molecule has 0 N–H and O–H groups in total. The Hall–Kier alpha value is -2.93. The van der Waals surface area contributed by atoms with E-state index in [0.29, 0.717) is 17.5 Å². The monoisotopic (exact) mass is 275 g/mol. The lowest BCUT2D eigenvalue weighted by Crippen LogP contribution is -2.21. The fraction of sp³-hybridized carbons (Fsp3) is 0.118. The lowest BCUT2D eigenvalue weighted by atomic mass is 10.1. The van der Waals surface area contributed by atoms with Crippen molar-refractivity contribution in [1.29, 1.82) is 5.26 Å². The predicted octanol–water partition coefficient (Wildman–Crippen LogP) is 2.62. The molecular formula is C17H13N3O. The van der Waals surface area contributed by atoms with E-state index in [4.69, 9.17) is 5.26 Å². The highest BCUT2D eigenvalue weighted by molar-refractivity contribution is 5.80. The van der Waals surface area contributed by atoms with Gasteiger partial charge in [0.05, 0.1) is 35.4 Å². The zero-order valence-electron chi connectivity index (χ0n) is 11.6. The zero-order valence-corrected chi connectivity index (χ0v) is 11.6. The summed E-state index contributed by atoms with van der Waals surface area (Å²) in [5.41, 5.74) is 3.16. The van der Waals surface area contributed by atoms with Gasteiger partial charge in [0, 0.05) is 0 Å². The van der Waals surface area contributed by atoms with Gasteiger partial charge in [-0.25, -0.2) is 4.98 Å². The maximum atomic E-state index is 12.5. The van der Waals surface area contributed by atoms with Crippen LogP contribution in [0.2, 0.25) is 0 Å². The minimum absolute atomic E-state index is 0.0638. The summed E-state index contributed by atoms with van der Waals surface area (Å²) in [6, 6.07) is 14.9. The second-order valence-electron chi connectivity index (χ2n) is 4.96. The summed E-state index contributed by atoms with van der Waals surface area (Å²) in [5.74, 6) is 0. The number of hydrogen-bond acceptors (Lipinski definition) is 3. The Balaban J connectivity index is 2.08. The van der Waals surface area contributed by atoms with Crippen molar-refractivity contribution >= 4 is 10.9 Å². The first-order valence-electron chi connectivity index (χ1n) is 6.63. The number of aryl methyl sites for hydroxylation is 1. The van der Waals surface area contributed by atoms with Crippen molar-refractivity contribution < 1.29 is 0 Å². The Kier molecular flexibility index (Phi) is 3.25. The first kappa shape index (κ1) is 13.1. The molecule has 0 aliphatic heterocycles. The summed E-state index contributed by atoms with van der Waals surface area (Å²) in [6.45, 7) is 2.35. The van der Waals surface area contributed by atoms with E-state index in [9.17, 15) is 4.79 Å². The number of aromatic nitrogens is 2. The topological polar surface area (TPSA) is 58.7 Å². The largest absolute Gasteiger partial charge is 0.294 e. The van der Waals surface area contributed by atoms with Crippen LogP contribution in [-0.4, -0.2) is 9.55 Å². The van der Waals surface area contributed by atoms with Gasteiger partial charge < -0.3 is 0 Å². The molecule has 0 aliphatic rings. The minimum Gasteiger partial charge on any atom is -0.294 e. The molecule has 21 heavy (non-hydrogen) atoms. The Morgan fingerprint density at radius 2 is 2.05 bits per heavy atom. The van der Waals surface area contributed by atoms with Gasteiger partial charge in [-0.2, -0.15) is 5.26 Å². The minimum atomic E-state index is -0.0638. The van der Waals surface area contributed by atoms with Crippen molar-refractivity contribution in [2.45, 2.75) is 13.5 Å². The fourth-order valence-electron chi connectivity index (χ4n) is 2.39. The zero-order chi connectivity index (χ0) is 14.8. The molecule has 0 fully saturated rings. The van der Waals surface area contributed by atoms with Gasteiger partial charge >= 0.3 is 0 Å². The summed E-state index contributed by atoms with van der Waals surface area (Å²) in [6.07, 6.45) is 1.57. The van der Waals surface area contributed by atoms with Crippen LogP contribution in [0.1, 0.15) is 16.7 Å². The van der Waals surface area contributed by atoms with E-state index >= 15 is 0 Å². The smallest absolute Gasteiger partial charge is 0.261 e. The lowest BCUT2D eigenvalue weighted by Gasteiger charge is -2.08. The van der Waals surface area contributed by atoms with Crippen LogP contribution in [0.5, 0.6) is 0 Å². The van der Waals surface area contributed by atoms with Crippen LogP contribution in [0, 0.1) is 18.3 Å². The van der Waals surface area contributed by atoms with E-state index in [1.165, 1.54) is 0 Å². The SMILES string of the molecule is Cc1cccc2c(=O)n(Cc3cccc(C#N)c3)cnc12. The molecule has 1 heterocycles. The summed E-state index contributed by atoms with van der Waals surface area (Å²) >= 11 is 0. The third-order valence-corrected chi connectivity index (χ3v) is 3.46. The number of fused-ring (bicyclic) bond motifs is 1. The van der Waals surface area contributed by atoms with Crippen molar-refractivity contribution in [3.63, 3.8) is 0 Å². The molecule has 4 nitrogen and oxygen atoms in total. The first-order chi connectivity index (χ1) is 10.2. The molecule has 0 aliphatic carbocycles. The quantitative estimate of drug-likeness (QED) is 0.722. The van der Waals surface area contributed by atoms with Crippen LogP contribution < -0.4 is 5.56 Å². The molecule has 0 saturated carbocycles. The summed E-state index contributed by atoms with van der Waals surface area (Å²) in [4.78, 5) is 16.9. The molecule has 0 amide bonds. The van der Waals surface area contributed by atoms with Crippen LogP contribution in [0.25, 0.3) is 10.9 Å². The highest BCUT2D eigenvalue weighted by atomic mass is 16.1. The van der Waals surface area contributed by atoms with Gasteiger partial charge in [0.25, 0.3) is 5.56 Å². The number of rotatable bonds is 2. The van der Waals surface area contributed by atoms with Crippen molar-refractivity contribution in [3.05, 3.63) is 75.8 Å². The van der Waals surface area contributed by atoms with Crippen molar-refractivity contribution in [2.24, 2.45) is 0 Å². The Labute approximate surface area is 121 Å². The average Bonchev–Trinajstić information content (AvgIpc) is 2.51. The number of nitriles is 1. The lowest BCUT2D eigenvalue weighted by molar-refractivity contribution is 0.748. The maximum absolute atomic E-state index is 12.5. The highest BCUT2D eigenvalue weighted by Crippen LogP contribution is 2.12. The van der Waals surface area contributed by atoms with Crippen LogP contribution in [0.15, 0.2) is 53.6 Å². The van der Waals surface area contributed by atoms with E-state index in [0.717, 1.165) is 16.6 Å². The molecular weight excluding hydrogens is 262 g/mol. The molecule has 0 spiro atoms. The fourth-order valence-corrected chi connectivity index (χ4v) is 2.39. The average molecular weight is 275 g/mol. The highest BCUT2D eigenvalue weighted by Gasteiger charge is 2.06. The van der Waals surface area contributed by atoms with Crippen LogP contribution in [0.3, 0.4) is 0 Å². The number of benzene rings is 2. The summed E-state index contributed by atoms with van der Waals surface area (Å²) in [5, 5.41) is 9.54. The van der Waals surface area contributed by atoms with E-state index in [1.54, 1.807) is 29.1 Å². The van der Waals surface area contributed by atoms with Crippen molar-refractivity contribution in [3.8, 4) is 6.07 Å². The molecule has 102 valence electrons. The first-order valence-corrected chi connectivity index (χ1v) is 6.63. The Morgan fingerprint density at radius 3 is 2.86 bits per heavy atom. The van der Waals surface area contributed by atoms with E-state index in [-0.39, 0.29) is 5.56 Å². The molecule has 2 aromatic carbocycles. The van der Waals surface area contributed by atoms with Gasteiger partial charge in [-0.3, -0.25) is 9.36 Å². The third-order valence-electron chi connectivity index (χ3n) is 3.46. The van der Waals surface area contributed by atoms with Gasteiger partial charge in [-0.1, -0.05) is 24.3 Å². The van der Waals surface area contributed by atoms with Crippen LogP contribution in [0.4, 0.5) is 0 Å². The second-order valence-corrected chi connectivity index (χ2v) is 4.96. The van der Waals surface area contributed by atoms with Crippen molar-refractivity contribution in [2.75, 3.05) is 0 Å². The molecule has 0 saturated heterocycles. The van der Waals surface area contributed by atoms with Gasteiger partial charge in [0.1, 0.15) is 0 Å². The molecule has 0 bridgehead atoms. The normalized spacial score (nSPS) is 10.5. The molecule has 3 aromatic rings.